The Labute approximate surface area is 469 Å². The molecule has 0 spiro atoms. The standard InChI is InChI=1S/C63H121NO13/c1-3-5-7-9-11-13-15-17-19-21-23-25-26-27-28-30-32-34-36-38-40-42-44-46-52(67)51(64-55(68)47-45-43-41-39-37-35-33-31-29-24-22-20-18-16-14-12-10-8-6-4-2)50-74-62-60(73)58(71)61(54(49-66)76-62)77-63-59(72)57(70)56(69)53(48-65)75-63/h44,46,51-54,56-63,65-67,69-73H,3-43,45,47-50H2,1-2H3,(H,64,68)/b46-44+. The predicted octanol–water partition coefficient (Wildman–Crippen LogP) is 11.8. The lowest BCUT2D eigenvalue weighted by Crippen LogP contribution is -2.65. The third-order valence-electron chi connectivity index (χ3n) is 16.2. The van der Waals surface area contributed by atoms with Crippen LogP contribution < -0.4 is 5.32 Å². The van der Waals surface area contributed by atoms with E-state index in [1.165, 1.54) is 225 Å². The van der Waals surface area contributed by atoms with Crippen LogP contribution in [-0.4, -0.2) is 140 Å². The van der Waals surface area contributed by atoms with Gasteiger partial charge in [0.25, 0.3) is 0 Å². The number of aliphatic hydroxyl groups is 8. The highest BCUT2D eigenvalue weighted by Gasteiger charge is 2.51. The van der Waals surface area contributed by atoms with Crippen molar-refractivity contribution in [3.05, 3.63) is 12.2 Å². The van der Waals surface area contributed by atoms with E-state index in [9.17, 15) is 45.6 Å². The number of rotatable bonds is 53. The van der Waals surface area contributed by atoms with Crippen LogP contribution in [0, 0.1) is 0 Å². The van der Waals surface area contributed by atoms with Crippen LogP contribution in [0.25, 0.3) is 0 Å². The lowest BCUT2D eigenvalue weighted by Gasteiger charge is -2.46. The highest BCUT2D eigenvalue weighted by molar-refractivity contribution is 5.76. The van der Waals surface area contributed by atoms with Crippen LogP contribution in [0.3, 0.4) is 0 Å². The summed E-state index contributed by atoms with van der Waals surface area (Å²) < 4.78 is 22.8. The first-order valence-corrected chi connectivity index (χ1v) is 32.4. The summed E-state index contributed by atoms with van der Waals surface area (Å²) in [5, 5.41) is 87.3. The molecule has 2 saturated heterocycles. The Kier molecular flexibility index (Phi) is 46.0. The molecule has 456 valence electrons. The number of carbonyl (C=O) groups excluding carboxylic acids is 1. The molecule has 2 heterocycles. The summed E-state index contributed by atoms with van der Waals surface area (Å²) in [7, 11) is 0. The molecule has 14 nitrogen and oxygen atoms in total. The van der Waals surface area contributed by atoms with Crippen molar-refractivity contribution < 1.29 is 64.6 Å². The molecule has 0 radical (unpaired) electrons. The fourth-order valence-electron chi connectivity index (χ4n) is 11.0. The number of nitrogens with one attached hydrogen (secondary N) is 1. The number of aliphatic hydroxyl groups excluding tert-OH is 8. The molecule has 2 fully saturated rings. The topological polar surface area (TPSA) is 228 Å². The quantitative estimate of drug-likeness (QED) is 0.0204. The second-order valence-corrected chi connectivity index (χ2v) is 23.3. The van der Waals surface area contributed by atoms with Gasteiger partial charge in [0, 0.05) is 6.42 Å². The molecule has 77 heavy (non-hydrogen) atoms. The molecule has 1 amide bonds. The Morgan fingerprint density at radius 2 is 0.805 bits per heavy atom. The van der Waals surface area contributed by atoms with E-state index in [1.807, 2.05) is 6.08 Å². The second kappa shape index (κ2) is 49.3. The van der Waals surface area contributed by atoms with Crippen molar-refractivity contribution in [1.29, 1.82) is 0 Å². The van der Waals surface area contributed by atoms with E-state index in [0.717, 1.165) is 38.5 Å². The van der Waals surface area contributed by atoms with Gasteiger partial charge in [0.1, 0.15) is 48.8 Å². The average molecular weight is 1100 g/mol. The summed E-state index contributed by atoms with van der Waals surface area (Å²) in [5.41, 5.74) is 0. The fraction of sp³-hybridized carbons (Fsp3) is 0.952. The first kappa shape index (κ1) is 71.8. The van der Waals surface area contributed by atoms with Gasteiger partial charge in [0.15, 0.2) is 12.6 Å². The normalized spacial score (nSPS) is 24.7. The monoisotopic (exact) mass is 1100 g/mol. The van der Waals surface area contributed by atoms with Crippen molar-refractivity contribution in [2.45, 2.75) is 364 Å². The van der Waals surface area contributed by atoms with Crippen molar-refractivity contribution in [2.75, 3.05) is 19.8 Å². The molecular weight excluding hydrogens is 979 g/mol. The third kappa shape index (κ3) is 34.7. The van der Waals surface area contributed by atoms with E-state index in [2.05, 4.69) is 19.2 Å². The van der Waals surface area contributed by atoms with E-state index in [0.29, 0.717) is 6.42 Å². The zero-order chi connectivity index (χ0) is 56.0. The molecule has 0 aromatic carbocycles. The van der Waals surface area contributed by atoms with Crippen LogP contribution in [0.1, 0.15) is 290 Å². The Balaban J connectivity index is 1.73. The van der Waals surface area contributed by atoms with E-state index in [-0.39, 0.29) is 18.9 Å². The summed E-state index contributed by atoms with van der Waals surface area (Å²) in [6, 6.07) is -0.910. The van der Waals surface area contributed by atoms with Gasteiger partial charge in [0.05, 0.1) is 32.0 Å². The van der Waals surface area contributed by atoms with E-state index in [1.54, 1.807) is 6.08 Å². The molecule has 14 heteroatoms. The number of hydrogen-bond donors (Lipinski definition) is 9. The molecule has 12 unspecified atom stereocenters. The minimum atomic E-state index is -1.79. The summed E-state index contributed by atoms with van der Waals surface area (Å²) in [4.78, 5) is 13.3. The highest BCUT2D eigenvalue weighted by atomic mass is 16.7. The lowest BCUT2D eigenvalue weighted by atomic mass is 9.97. The van der Waals surface area contributed by atoms with Crippen molar-refractivity contribution in [3.8, 4) is 0 Å². The van der Waals surface area contributed by atoms with Crippen LogP contribution in [-0.2, 0) is 23.7 Å². The van der Waals surface area contributed by atoms with Crippen LogP contribution in [0.5, 0.6) is 0 Å². The first-order valence-electron chi connectivity index (χ1n) is 32.4. The molecule has 2 rings (SSSR count). The van der Waals surface area contributed by atoms with Gasteiger partial charge >= 0.3 is 0 Å². The van der Waals surface area contributed by atoms with Crippen molar-refractivity contribution in [1.82, 2.24) is 5.32 Å². The fourth-order valence-corrected chi connectivity index (χ4v) is 11.0. The first-order chi connectivity index (χ1) is 37.6. The molecule has 9 N–H and O–H groups in total. The summed E-state index contributed by atoms with van der Waals surface area (Å²) in [6.45, 7) is 2.85. The van der Waals surface area contributed by atoms with Crippen LogP contribution in [0.15, 0.2) is 12.2 Å². The minimum Gasteiger partial charge on any atom is -0.394 e. The number of unbranched alkanes of at least 4 members (excludes halogenated alkanes) is 40. The van der Waals surface area contributed by atoms with Gasteiger partial charge in [-0.15, -0.1) is 0 Å². The zero-order valence-corrected chi connectivity index (χ0v) is 49.2. The van der Waals surface area contributed by atoms with Gasteiger partial charge in [-0.25, -0.2) is 0 Å². The molecule has 2 aliphatic rings. The van der Waals surface area contributed by atoms with E-state index in [4.69, 9.17) is 18.9 Å². The minimum absolute atomic E-state index is 0.232. The number of hydrogen-bond acceptors (Lipinski definition) is 13. The van der Waals surface area contributed by atoms with Gasteiger partial charge in [-0.05, 0) is 19.3 Å². The third-order valence-corrected chi connectivity index (χ3v) is 16.2. The SMILES string of the molecule is CCCCCCCCCCCCCCCCCCCCCCC/C=C/C(O)C(COC1OC(CO)C(OC2OC(CO)C(O)C(O)C2O)C(O)C1O)NC(=O)CCCCCCCCCCCCCCCCCCCCCC. The number of amides is 1. The van der Waals surface area contributed by atoms with Gasteiger partial charge in [-0.2, -0.15) is 0 Å². The maximum Gasteiger partial charge on any atom is 0.220 e. The highest BCUT2D eigenvalue weighted by Crippen LogP contribution is 2.30. The number of carbonyl (C=O) groups is 1. The maximum absolute atomic E-state index is 13.3. The molecule has 0 aromatic rings. The Morgan fingerprint density at radius 3 is 1.19 bits per heavy atom. The lowest BCUT2D eigenvalue weighted by molar-refractivity contribution is -0.359. The Morgan fingerprint density at radius 1 is 0.455 bits per heavy atom. The molecular formula is C63H121NO13. The van der Waals surface area contributed by atoms with E-state index < -0.39 is 86.8 Å². The summed E-state index contributed by atoms with van der Waals surface area (Å²) in [5.74, 6) is -0.232. The van der Waals surface area contributed by atoms with Crippen LogP contribution in [0.2, 0.25) is 0 Å². The van der Waals surface area contributed by atoms with Gasteiger partial charge in [-0.1, -0.05) is 276 Å². The second-order valence-electron chi connectivity index (χ2n) is 23.3. The smallest absolute Gasteiger partial charge is 0.220 e. The number of ether oxygens (including phenoxy) is 4. The predicted molar refractivity (Wildman–Crippen MR) is 309 cm³/mol. The average Bonchev–Trinajstić information content (AvgIpc) is 3.44. The summed E-state index contributed by atoms with van der Waals surface area (Å²) >= 11 is 0. The molecule has 2 aliphatic heterocycles. The van der Waals surface area contributed by atoms with Crippen molar-refractivity contribution in [2.24, 2.45) is 0 Å². The van der Waals surface area contributed by atoms with Crippen molar-refractivity contribution >= 4 is 5.91 Å². The molecule has 0 aliphatic carbocycles. The van der Waals surface area contributed by atoms with Crippen LogP contribution in [0.4, 0.5) is 0 Å². The van der Waals surface area contributed by atoms with Crippen molar-refractivity contribution in [3.63, 3.8) is 0 Å². The van der Waals surface area contributed by atoms with Gasteiger partial charge < -0.3 is 65.1 Å². The molecule has 12 atom stereocenters. The van der Waals surface area contributed by atoms with Crippen LogP contribution >= 0.6 is 0 Å². The van der Waals surface area contributed by atoms with E-state index >= 15 is 0 Å². The molecule has 0 saturated carbocycles. The zero-order valence-electron chi connectivity index (χ0n) is 49.2. The Bertz CT molecular complexity index is 1340. The van der Waals surface area contributed by atoms with Gasteiger partial charge in [0.2, 0.25) is 5.91 Å². The number of allylic oxidation sites excluding steroid dienone is 1. The van der Waals surface area contributed by atoms with Gasteiger partial charge in [-0.3, -0.25) is 4.79 Å². The maximum atomic E-state index is 13.3. The summed E-state index contributed by atoms with van der Waals surface area (Å²) in [6.07, 6.45) is 41.1. The Hall–Kier alpha value is -1.27. The molecule has 0 bridgehead atoms. The molecule has 0 aromatic heterocycles. The largest absolute Gasteiger partial charge is 0.394 e.